The lowest BCUT2D eigenvalue weighted by atomic mass is 10.1. The van der Waals surface area contributed by atoms with E-state index in [1.54, 1.807) is 25.3 Å². The van der Waals surface area contributed by atoms with E-state index in [2.05, 4.69) is 6.92 Å². The van der Waals surface area contributed by atoms with Gasteiger partial charge in [0.15, 0.2) is 0 Å². The Bertz CT molecular complexity index is 451. The second kappa shape index (κ2) is 5.52. The summed E-state index contributed by atoms with van der Waals surface area (Å²) in [4.78, 5) is 14.3. The molecule has 1 saturated heterocycles. The molecular weight excluding hydrogens is 248 g/mol. The molecule has 0 spiro atoms. The summed E-state index contributed by atoms with van der Waals surface area (Å²) in [5.41, 5.74) is 6.92. The molecule has 0 saturated carbocycles. The summed E-state index contributed by atoms with van der Waals surface area (Å²) < 4.78 is 5.14. The number of benzene rings is 1. The molecule has 2 rings (SSSR count). The smallest absolute Gasteiger partial charge is 0.256 e. The number of hydrogen-bond donors (Lipinski definition) is 1. The first-order valence-electron chi connectivity index (χ1n) is 5.96. The van der Waals surface area contributed by atoms with E-state index in [0.717, 1.165) is 18.8 Å². The third-order valence-electron chi connectivity index (χ3n) is 3.02. The number of nitrogens with zero attached hydrogens (tertiary/aromatic N) is 1. The van der Waals surface area contributed by atoms with Crippen molar-refractivity contribution < 1.29 is 9.53 Å². The van der Waals surface area contributed by atoms with E-state index in [1.165, 1.54) is 0 Å². The Morgan fingerprint density at radius 3 is 3.00 bits per heavy atom. The van der Waals surface area contributed by atoms with E-state index >= 15 is 0 Å². The predicted octanol–water partition coefficient (Wildman–Crippen LogP) is 1.85. The van der Waals surface area contributed by atoms with Crippen LogP contribution in [0.2, 0.25) is 0 Å². The molecule has 0 aliphatic carbocycles. The van der Waals surface area contributed by atoms with Gasteiger partial charge in [0.2, 0.25) is 0 Å². The summed E-state index contributed by atoms with van der Waals surface area (Å²) in [5.74, 6) is 1.64. The molecule has 0 radical (unpaired) electrons. The van der Waals surface area contributed by atoms with Crippen molar-refractivity contribution in [2.45, 2.75) is 12.2 Å². The number of hydrogen-bond acceptors (Lipinski definition) is 4. The molecule has 1 amide bonds. The zero-order valence-electron chi connectivity index (χ0n) is 10.7. The zero-order valence-corrected chi connectivity index (χ0v) is 11.5. The molecule has 1 heterocycles. The SMILES string of the molecule is COc1ccc(N)c(C(=O)N2CCSC(C)C2)c1. The number of carbonyl (C=O) groups excluding carboxylic acids is 1. The predicted molar refractivity (Wildman–Crippen MR) is 75.2 cm³/mol. The van der Waals surface area contributed by atoms with E-state index in [1.807, 2.05) is 16.7 Å². The average molecular weight is 266 g/mol. The molecule has 1 aliphatic rings. The van der Waals surface area contributed by atoms with Gasteiger partial charge in [-0.3, -0.25) is 4.79 Å². The molecule has 0 bridgehead atoms. The molecular formula is C13H18N2O2S. The summed E-state index contributed by atoms with van der Waals surface area (Å²) in [7, 11) is 1.58. The minimum Gasteiger partial charge on any atom is -0.497 e. The third kappa shape index (κ3) is 2.72. The van der Waals surface area contributed by atoms with Gasteiger partial charge >= 0.3 is 0 Å². The normalized spacial score (nSPS) is 19.7. The lowest BCUT2D eigenvalue weighted by Gasteiger charge is -2.31. The number of rotatable bonds is 2. The van der Waals surface area contributed by atoms with Gasteiger partial charge in [0.25, 0.3) is 5.91 Å². The number of amides is 1. The fourth-order valence-electron chi connectivity index (χ4n) is 2.02. The average Bonchev–Trinajstić information content (AvgIpc) is 2.38. The molecule has 1 aliphatic heterocycles. The molecule has 1 unspecified atom stereocenters. The summed E-state index contributed by atoms with van der Waals surface area (Å²) >= 11 is 1.90. The fourth-order valence-corrected chi connectivity index (χ4v) is 3.03. The van der Waals surface area contributed by atoms with Crippen molar-refractivity contribution in [1.29, 1.82) is 0 Å². The van der Waals surface area contributed by atoms with Crippen LogP contribution in [-0.2, 0) is 0 Å². The van der Waals surface area contributed by atoms with Crippen LogP contribution < -0.4 is 10.5 Å². The van der Waals surface area contributed by atoms with Gasteiger partial charge in [-0.05, 0) is 18.2 Å². The minimum atomic E-state index is -0.00134. The van der Waals surface area contributed by atoms with Gasteiger partial charge in [0.05, 0.1) is 12.7 Å². The van der Waals surface area contributed by atoms with Crippen LogP contribution in [-0.4, -0.2) is 42.0 Å². The number of methoxy groups -OCH3 is 1. The maximum absolute atomic E-state index is 12.4. The molecule has 98 valence electrons. The Kier molecular flexibility index (Phi) is 4.01. The van der Waals surface area contributed by atoms with Crippen molar-refractivity contribution in [1.82, 2.24) is 4.90 Å². The number of ether oxygens (including phenoxy) is 1. The first-order valence-corrected chi connectivity index (χ1v) is 7.01. The van der Waals surface area contributed by atoms with E-state index in [-0.39, 0.29) is 5.91 Å². The van der Waals surface area contributed by atoms with E-state index < -0.39 is 0 Å². The van der Waals surface area contributed by atoms with Gasteiger partial charge in [0.1, 0.15) is 5.75 Å². The van der Waals surface area contributed by atoms with Crippen molar-refractivity contribution in [3.8, 4) is 5.75 Å². The van der Waals surface area contributed by atoms with Gasteiger partial charge in [-0.1, -0.05) is 6.92 Å². The van der Waals surface area contributed by atoms with Crippen LogP contribution in [0.5, 0.6) is 5.75 Å². The zero-order chi connectivity index (χ0) is 13.1. The van der Waals surface area contributed by atoms with E-state index in [4.69, 9.17) is 10.5 Å². The monoisotopic (exact) mass is 266 g/mol. The maximum Gasteiger partial charge on any atom is 0.256 e. The summed E-state index contributed by atoms with van der Waals surface area (Å²) in [6.07, 6.45) is 0. The van der Waals surface area contributed by atoms with Gasteiger partial charge in [-0.2, -0.15) is 11.8 Å². The molecule has 1 aromatic carbocycles. The Morgan fingerprint density at radius 2 is 2.33 bits per heavy atom. The van der Waals surface area contributed by atoms with Crippen molar-refractivity contribution in [3.05, 3.63) is 23.8 Å². The Morgan fingerprint density at radius 1 is 1.56 bits per heavy atom. The largest absolute Gasteiger partial charge is 0.497 e. The van der Waals surface area contributed by atoms with Crippen LogP contribution in [0, 0.1) is 0 Å². The number of anilines is 1. The van der Waals surface area contributed by atoms with E-state index in [9.17, 15) is 4.79 Å². The number of carbonyl (C=O) groups is 1. The lowest BCUT2D eigenvalue weighted by molar-refractivity contribution is 0.0764. The van der Waals surface area contributed by atoms with Crippen molar-refractivity contribution in [3.63, 3.8) is 0 Å². The molecule has 0 aromatic heterocycles. The molecule has 18 heavy (non-hydrogen) atoms. The standard InChI is InChI=1S/C13H18N2O2S/c1-9-8-15(5-6-18-9)13(16)11-7-10(17-2)3-4-12(11)14/h3-4,7,9H,5-6,8,14H2,1-2H3. The number of nitrogens with two attached hydrogens (primary N) is 1. The molecule has 5 heteroatoms. The van der Waals surface area contributed by atoms with Crippen LogP contribution in [0.25, 0.3) is 0 Å². The van der Waals surface area contributed by atoms with Gasteiger partial charge < -0.3 is 15.4 Å². The summed E-state index contributed by atoms with van der Waals surface area (Å²) in [6, 6.07) is 5.19. The van der Waals surface area contributed by atoms with Crippen molar-refractivity contribution in [2.75, 3.05) is 31.7 Å². The second-order valence-electron chi connectivity index (χ2n) is 4.39. The third-order valence-corrected chi connectivity index (χ3v) is 4.16. The van der Waals surface area contributed by atoms with Crippen LogP contribution >= 0.6 is 11.8 Å². The quantitative estimate of drug-likeness (QED) is 0.830. The summed E-state index contributed by atoms with van der Waals surface area (Å²) in [6.45, 7) is 3.70. The molecule has 1 atom stereocenters. The Balaban J connectivity index is 2.22. The maximum atomic E-state index is 12.4. The molecule has 1 aromatic rings. The number of thioether (sulfide) groups is 1. The highest BCUT2D eigenvalue weighted by Crippen LogP contribution is 2.24. The van der Waals surface area contributed by atoms with E-state index in [0.29, 0.717) is 22.3 Å². The van der Waals surface area contributed by atoms with Crippen molar-refractivity contribution >= 4 is 23.4 Å². The minimum absolute atomic E-state index is 0.00134. The molecule has 2 N–H and O–H groups in total. The lowest BCUT2D eigenvalue weighted by Crippen LogP contribution is -2.41. The van der Waals surface area contributed by atoms with Crippen LogP contribution in [0.4, 0.5) is 5.69 Å². The number of nitrogen functional groups attached to an aromatic ring is 1. The van der Waals surface area contributed by atoms with Gasteiger partial charge in [-0.25, -0.2) is 0 Å². The Labute approximate surface area is 111 Å². The van der Waals surface area contributed by atoms with Crippen LogP contribution in [0.3, 0.4) is 0 Å². The fraction of sp³-hybridized carbons (Fsp3) is 0.462. The first-order chi connectivity index (χ1) is 8.61. The van der Waals surface area contributed by atoms with Crippen LogP contribution in [0.15, 0.2) is 18.2 Å². The molecule has 4 nitrogen and oxygen atoms in total. The Hall–Kier alpha value is -1.36. The highest BCUT2D eigenvalue weighted by molar-refractivity contribution is 7.99. The topological polar surface area (TPSA) is 55.6 Å². The first kappa shape index (κ1) is 13.1. The van der Waals surface area contributed by atoms with Crippen LogP contribution in [0.1, 0.15) is 17.3 Å². The summed E-state index contributed by atoms with van der Waals surface area (Å²) in [5, 5.41) is 0.481. The highest BCUT2D eigenvalue weighted by atomic mass is 32.2. The second-order valence-corrected chi connectivity index (χ2v) is 5.93. The van der Waals surface area contributed by atoms with Crippen molar-refractivity contribution in [2.24, 2.45) is 0 Å². The van der Waals surface area contributed by atoms with Gasteiger partial charge in [0, 0.05) is 29.8 Å². The van der Waals surface area contributed by atoms with Gasteiger partial charge in [-0.15, -0.1) is 0 Å². The highest BCUT2D eigenvalue weighted by Gasteiger charge is 2.23. The molecule has 1 fully saturated rings.